The molecule has 3 amide bonds. The molecule has 2 saturated heterocycles. The molecule has 0 unspecified atom stereocenters. The van der Waals surface area contributed by atoms with E-state index in [-0.39, 0.29) is 45.1 Å². The second-order valence-corrected chi connectivity index (χ2v) is 15.2. The molecule has 11 heteroatoms. The van der Waals surface area contributed by atoms with Crippen molar-refractivity contribution in [1.82, 2.24) is 15.1 Å². The maximum Gasteiger partial charge on any atom is 0.410 e. The van der Waals surface area contributed by atoms with Crippen molar-refractivity contribution in [2.75, 3.05) is 26.2 Å². The van der Waals surface area contributed by atoms with E-state index in [1.807, 2.05) is 41.5 Å². The van der Waals surface area contributed by atoms with E-state index >= 15 is 8.78 Å². The fourth-order valence-corrected chi connectivity index (χ4v) is 6.99. The second kappa shape index (κ2) is 13.3. The third-order valence-corrected chi connectivity index (χ3v) is 9.10. The highest BCUT2D eigenvalue weighted by molar-refractivity contribution is 6.31. The van der Waals surface area contributed by atoms with E-state index in [0.29, 0.717) is 38.9 Å². The number of nitrogens with zero attached hydrogens (tertiary/aromatic N) is 3. The number of hydrogen-bond acceptors (Lipinski definition) is 4. The van der Waals surface area contributed by atoms with Crippen molar-refractivity contribution in [3.8, 4) is 6.07 Å². The van der Waals surface area contributed by atoms with Gasteiger partial charge in [-0.1, -0.05) is 62.2 Å². The first-order valence-electron chi connectivity index (χ1n) is 15.3. The summed E-state index contributed by atoms with van der Waals surface area (Å²) in [6.45, 7) is 12.9. The lowest BCUT2D eigenvalue weighted by Crippen LogP contribution is -2.47. The molecule has 0 aromatic heterocycles. The molecular formula is C34H42Cl2F2N4O3. The molecule has 0 saturated carbocycles. The lowest BCUT2D eigenvalue weighted by Gasteiger charge is -2.38. The molecule has 45 heavy (non-hydrogen) atoms. The summed E-state index contributed by atoms with van der Waals surface area (Å²) in [5.74, 6) is -1.92. The predicted octanol–water partition coefficient (Wildman–Crippen LogP) is 8.50. The number of ether oxygens (including phenoxy) is 1. The molecular weight excluding hydrogens is 621 g/mol. The van der Waals surface area contributed by atoms with Crippen LogP contribution in [0.15, 0.2) is 36.4 Å². The molecule has 0 bridgehead atoms. The zero-order valence-corrected chi connectivity index (χ0v) is 28.2. The van der Waals surface area contributed by atoms with Crippen molar-refractivity contribution in [2.24, 2.45) is 17.3 Å². The van der Waals surface area contributed by atoms with Gasteiger partial charge < -0.3 is 19.9 Å². The predicted molar refractivity (Wildman–Crippen MR) is 171 cm³/mol. The molecule has 2 aliphatic rings. The van der Waals surface area contributed by atoms with E-state index in [1.165, 1.54) is 29.2 Å². The number of urea groups is 1. The average molecular weight is 664 g/mol. The molecule has 0 spiro atoms. The number of amides is 3. The molecule has 244 valence electrons. The number of benzene rings is 2. The van der Waals surface area contributed by atoms with Crippen LogP contribution in [0, 0.1) is 40.2 Å². The number of rotatable bonds is 5. The van der Waals surface area contributed by atoms with E-state index in [2.05, 4.69) is 11.4 Å². The second-order valence-electron chi connectivity index (χ2n) is 14.4. The number of carbonyl (C=O) groups excluding carboxylic acids is 2. The van der Waals surface area contributed by atoms with Gasteiger partial charge in [-0.15, -0.1) is 0 Å². The van der Waals surface area contributed by atoms with E-state index < -0.39 is 40.6 Å². The Morgan fingerprint density at radius 1 is 1.09 bits per heavy atom. The molecule has 0 aliphatic carbocycles. The van der Waals surface area contributed by atoms with Gasteiger partial charge in [-0.25, -0.2) is 18.4 Å². The fraction of sp³-hybridized carbons (Fsp3) is 0.559. The summed E-state index contributed by atoms with van der Waals surface area (Å²) in [7, 11) is 0. The van der Waals surface area contributed by atoms with Crippen molar-refractivity contribution >= 4 is 35.3 Å². The topological polar surface area (TPSA) is 85.7 Å². The third-order valence-electron chi connectivity index (χ3n) is 8.57. The fourth-order valence-electron chi connectivity index (χ4n) is 6.65. The Labute approximate surface area is 274 Å². The molecule has 2 aliphatic heterocycles. The summed E-state index contributed by atoms with van der Waals surface area (Å²) >= 11 is 12.3. The maximum absolute atomic E-state index is 15.8. The number of carbonyl (C=O) groups is 2. The average Bonchev–Trinajstić information content (AvgIpc) is 3.25. The van der Waals surface area contributed by atoms with Gasteiger partial charge in [0.15, 0.2) is 0 Å². The summed E-state index contributed by atoms with van der Waals surface area (Å²) in [6.07, 6.45) is 1.42. The summed E-state index contributed by atoms with van der Waals surface area (Å²) < 4.78 is 37.1. The minimum absolute atomic E-state index is 0.0376. The summed E-state index contributed by atoms with van der Waals surface area (Å²) in [5.41, 5.74) is -2.45. The van der Waals surface area contributed by atoms with E-state index in [0.717, 1.165) is 6.07 Å². The van der Waals surface area contributed by atoms with Crippen molar-refractivity contribution in [3.05, 3.63) is 69.2 Å². The minimum atomic E-state index is -1.65. The molecule has 2 fully saturated rings. The van der Waals surface area contributed by atoms with Crippen molar-refractivity contribution in [3.63, 3.8) is 0 Å². The molecule has 4 rings (SSSR count). The van der Waals surface area contributed by atoms with Gasteiger partial charge in [-0.05, 0) is 69.6 Å². The quantitative estimate of drug-likeness (QED) is 0.348. The van der Waals surface area contributed by atoms with Crippen LogP contribution < -0.4 is 5.32 Å². The summed E-state index contributed by atoms with van der Waals surface area (Å²) in [5, 5.41) is 14.0. The number of nitrogens with one attached hydrogen (secondary N) is 1. The van der Waals surface area contributed by atoms with Gasteiger partial charge >= 0.3 is 12.1 Å². The van der Waals surface area contributed by atoms with Crippen LogP contribution in [-0.4, -0.2) is 53.7 Å². The van der Waals surface area contributed by atoms with Crippen LogP contribution in [-0.2, 0) is 10.2 Å². The van der Waals surface area contributed by atoms with Crippen LogP contribution in [0.3, 0.4) is 0 Å². The molecule has 2 aromatic rings. The van der Waals surface area contributed by atoms with Gasteiger partial charge in [-0.3, -0.25) is 0 Å². The highest BCUT2D eigenvalue weighted by atomic mass is 35.5. The molecule has 1 N–H and O–H groups in total. The van der Waals surface area contributed by atoms with Crippen LogP contribution in [0.4, 0.5) is 18.4 Å². The molecule has 0 radical (unpaired) electrons. The first-order chi connectivity index (χ1) is 21.0. The SMILES string of the molecule is CC(C)(C)C[C@@H]1CN(C(=O)NCC2CCN(C(=O)OC(C)(C)C)CC2)[C@H](c2cccc(Cl)c2F)[C@@]1(C#N)c1ccc(Cl)cc1F. The highest BCUT2D eigenvalue weighted by Crippen LogP contribution is 2.56. The minimum Gasteiger partial charge on any atom is -0.444 e. The van der Waals surface area contributed by atoms with E-state index in [1.54, 1.807) is 11.0 Å². The van der Waals surface area contributed by atoms with Gasteiger partial charge in [0, 0.05) is 48.2 Å². The number of hydrogen-bond donors (Lipinski definition) is 1. The van der Waals surface area contributed by atoms with Gasteiger partial charge in [0.1, 0.15) is 22.7 Å². The molecule has 2 heterocycles. The normalized spacial score (nSPS) is 22.7. The smallest absolute Gasteiger partial charge is 0.410 e. The first kappa shape index (κ1) is 34.8. The largest absolute Gasteiger partial charge is 0.444 e. The van der Waals surface area contributed by atoms with Crippen molar-refractivity contribution < 1.29 is 23.1 Å². The summed E-state index contributed by atoms with van der Waals surface area (Å²) in [6, 6.07) is 9.28. The van der Waals surface area contributed by atoms with Crippen LogP contribution >= 0.6 is 23.2 Å². The Bertz CT molecular complexity index is 1460. The standard InChI is InChI=1S/C34H42Cl2F2N4O3/c1-32(2,3)17-22-19-42(30(43)40-18-21-12-14-41(15-13-21)31(44)45-33(4,5)6)29(24-8-7-9-26(36)28(24)38)34(22,20-39)25-11-10-23(35)16-27(25)37/h7-11,16,21-22,29H,12-15,17-19H2,1-6H3,(H,40,43)/t22-,29-,34-/m1/s1. The summed E-state index contributed by atoms with van der Waals surface area (Å²) in [4.78, 5) is 29.6. The van der Waals surface area contributed by atoms with Crippen molar-refractivity contribution in [2.45, 2.75) is 77.9 Å². The van der Waals surface area contributed by atoms with E-state index in [4.69, 9.17) is 27.9 Å². The molecule has 2 aromatic carbocycles. The van der Waals surface area contributed by atoms with Crippen LogP contribution in [0.2, 0.25) is 10.0 Å². The Kier molecular flexibility index (Phi) is 10.3. The lowest BCUT2D eigenvalue weighted by molar-refractivity contribution is 0.0184. The Morgan fingerprint density at radius 3 is 2.33 bits per heavy atom. The maximum atomic E-state index is 15.8. The molecule has 7 nitrogen and oxygen atoms in total. The number of halogens is 4. The monoisotopic (exact) mass is 662 g/mol. The third kappa shape index (κ3) is 7.66. The van der Waals surface area contributed by atoms with Gasteiger partial charge in [0.25, 0.3) is 0 Å². The Balaban J connectivity index is 1.67. The van der Waals surface area contributed by atoms with Gasteiger partial charge in [0.2, 0.25) is 0 Å². The Hall–Kier alpha value is -3.09. The number of likely N-dealkylation sites (tertiary alicyclic amines) is 2. The van der Waals surface area contributed by atoms with Gasteiger partial charge in [-0.2, -0.15) is 5.26 Å². The Morgan fingerprint density at radius 2 is 1.76 bits per heavy atom. The zero-order chi connectivity index (χ0) is 33.3. The highest BCUT2D eigenvalue weighted by Gasteiger charge is 2.60. The van der Waals surface area contributed by atoms with Gasteiger partial charge in [0.05, 0.1) is 17.1 Å². The van der Waals surface area contributed by atoms with E-state index in [9.17, 15) is 14.9 Å². The van der Waals surface area contributed by atoms with Crippen LogP contribution in [0.25, 0.3) is 0 Å². The first-order valence-corrected chi connectivity index (χ1v) is 16.1. The number of nitriles is 1. The van der Waals surface area contributed by atoms with Crippen LogP contribution in [0.1, 0.15) is 78.0 Å². The molecule has 3 atom stereocenters. The van der Waals surface area contributed by atoms with Crippen LogP contribution in [0.5, 0.6) is 0 Å². The van der Waals surface area contributed by atoms with Crippen molar-refractivity contribution in [1.29, 1.82) is 5.26 Å². The number of piperidine rings is 1. The lowest BCUT2D eigenvalue weighted by atomic mass is 9.63. The zero-order valence-electron chi connectivity index (χ0n) is 26.7.